The average molecular weight is 374 g/mol. The predicted octanol–water partition coefficient (Wildman–Crippen LogP) is 3.70. The highest BCUT2D eigenvalue weighted by Crippen LogP contribution is 2.47. The summed E-state index contributed by atoms with van der Waals surface area (Å²) in [7, 11) is 0. The summed E-state index contributed by atoms with van der Waals surface area (Å²) in [5, 5.41) is 5.91. The first-order valence-electron chi connectivity index (χ1n) is 9.12. The largest absolute Gasteiger partial charge is 0.362 e. The molecule has 2 N–H and O–H groups in total. The van der Waals surface area contributed by atoms with Gasteiger partial charge in [-0.25, -0.2) is 8.78 Å². The maximum atomic E-state index is 14.7. The van der Waals surface area contributed by atoms with Gasteiger partial charge in [-0.2, -0.15) is 0 Å². The van der Waals surface area contributed by atoms with E-state index in [1.54, 1.807) is 13.8 Å². The van der Waals surface area contributed by atoms with Crippen LogP contribution in [0.1, 0.15) is 52.0 Å². The second-order valence-corrected chi connectivity index (χ2v) is 7.96. The van der Waals surface area contributed by atoms with Gasteiger partial charge in [-0.15, -0.1) is 0 Å². The number of carbonyl (C=O) groups excluding carboxylic acids is 2. The first kappa shape index (κ1) is 19.3. The van der Waals surface area contributed by atoms with Crippen molar-refractivity contribution in [1.82, 2.24) is 10.6 Å². The van der Waals surface area contributed by atoms with Crippen molar-refractivity contribution in [2.24, 2.45) is 5.41 Å². The molecule has 1 atom stereocenters. The zero-order chi connectivity index (χ0) is 19.9. The minimum atomic E-state index is -0.924. The molecule has 1 heterocycles. The molecule has 0 bridgehead atoms. The van der Waals surface area contributed by atoms with Gasteiger partial charge in [-0.3, -0.25) is 9.59 Å². The smallest absolute Gasteiger partial charge is 0.249 e. The number of nitrogens with one attached hydrogen (secondary N) is 2. The minimum Gasteiger partial charge on any atom is -0.362 e. The molecule has 2 aliphatic rings. The highest BCUT2D eigenvalue weighted by atomic mass is 19.1. The van der Waals surface area contributed by atoms with Crippen LogP contribution in [0.25, 0.3) is 0 Å². The van der Waals surface area contributed by atoms with Gasteiger partial charge in [0.25, 0.3) is 0 Å². The van der Waals surface area contributed by atoms with E-state index in [1.165, 1.54) is 0 Å². The lowest BCUT2D eigenvalue weighted by Gasteiger charge is -2.39. The second-order valence-electron chi connectivity index (χ2n) is 7.96. The van der Waals surface area contributed by atoms with Crippen LogP contribution in [0.3, 0.4) is 0 Å². The molecule has 1 aliphatic carbocycles. The molecule has 4 nitrogen and oxygen atoms in total. The molecular weight excluding hydrogens is 350 g/mol. The number of ketones is 1. The zero-order valence-corrected chi connectivity index (χ0v) is 16.0. The van der Waals surface area contributed by atoms with Crippen LogP contribution < -0.4 is 10.6 Å². The van der Waals surface area contributed by atoms with E-state index in [0.29, 0.717) is 36.4 Å². The van der Waals surface area contributed by atoms with Gasteiger partial charge in [0, 0.05) is 47.0 Å². The molecule has 0 fully saturated rings. The zero-order valence-electron chi connectivity index (χ0n) is 16.0. The van der Waals surface area contributed by atoms with Crippen molar-refractivity contribution in [3.8, 4) is 0 Å². The third kappa shape index (κ3) is 3.53. The fraction of sp³-hybridized carbons (Fsp3) is 0.429. The predicted molar refractivity (Wildman–Crippen MR) is 98.7 cm³/mol. The average Bonchev–Trinajstić information content (AvgIpc) is 2.54. The normalized spacial score (nSPS) is 21.7. The van der Waals surface area contributed by atoms with Crippen molar-refractivity contribution in [2.75, 3.05) is 6.54 Å². The van der Waals surface area contributed by atoms with Crippen molar-refractivity contribution in [2.45, 2.75) is 46.5 Å². The first-order valence-corrected chi connectivity index (χ1v) is 9.12. The van der Waals surface area contributed by atoms with Crippen LogP contribution in [0.4, 0.5) is 8.78 Å². The number of hydrogen-bond donors (Lipinski definition) is 2. The molecule has 1 amide bonds. The molecule has 0 radical (unpaired) electrons. The number of allylic oxidation sites excluding steroid dienone is 3. The molecule has 27 heavy (non-hydrogen) atoms. The maximum absolute atomic E-state index is 14.7. The molecule has 144 valence electrons. The van der Waals surface area contributed by atoms with Gasteiger partial charge in [0.1, 0.15) is 11.6 Å². The van der Waals surface area contributed by atoms with E-state index in [9.17, 15) is 18.4 Å². The number of likely N-dealkylation sites (N-methyl/N-ethyl adjacent to an activating group) is 1. The Morgan fingerprint density at radius 1 is 1.30 bits per heavy atom. The topological polar surface area (TPSA) is 58.2 Å². The minimum absolute atomic E-state index is 0.0117. The Bertz CT molecular complexity index is 884. The van der Waals surface area contributed by atoms with Crippen molar-refractivity contribution in [3.05, 3.63) is 57.9 Å². The third-order valence-electron chi connectivity index (χ3n) is 5.09. The van der Waals surface area contributed by atoms with E-state index in [0.717, 1.165) is 18.2 Å². The Hall–Kier alpha value is -2.50. The lowest BCUT2D eigenvalue weighted by atomic mass is 9.68. The monoisotopic (exact) mass is 374 g/mol. The molecule has 3 rings (SSSR count). The Morgan fingerprint density at radius 2 is 2.00 bits per heavy atom. The molecule has 0 saturated heterocycles. The summed E-state index contributed by atoms with van der Waals surface area (Å²) in [4.78, 5) is 25.7. The SMILES string of the molecule is CCNC(=O)C1=C(C)NC2=C(C(=O)CC(C)(C)C2)C1c1cc(F)ccc1F. The highest BCUT2D eigenvalue weighted by molar-refractivity contribution is 6.05. The van der Waals surface area contributed by atoms with E-state index in [1.807, 2.05) is 13.8 Å². The van der Waals surface area contributed by atoms with Gasteiger partial charge >= 0.3 is 0 Å². The van der Waals surface area contributed by atoms with Crippen LogP contribution >= 0.6 is 0 Å². The second kappa shape index (κ2) is 6.91. The number of carbonyl (C=O) groups is 2. The van der Waals surface area contributed by atoms with Crippen LogP contribution in [0, 0.1) is 17.0 Å². The van der Waals surface area contributed by atoms with Gasteiger partial charge in [0.05, 0.1) is 0 Å². The molecule has 0 spiro atoms. The van der Waals surface area contributed by atoms with Crippen LogP contribution in [-0.2, 0) is 9.59 Å². The third-order valence-corrected chi connectivity index (χ3v) is 5.09. The molecular formula is C21H24F2N2O2. The highest BCUT2D eigenvalue weighted by Gasteiger charge is 2.43. The van der Waals surface area contributed by atoms with Crippen molar-refractivity contribution < 1.29 is 18.4 Å². The van der Waals surface area contributed by atoms with Crippen molar-refractivity contribution >= 4 is 11.7 Å². The van der Waals surface area contributed by atoms with Crippen LogP contribution in [0.15, 0.2) is 40.7 Å². The summed E-state index contributed by atoms with van der Waals surface area (Å²) in [6.45, 7) is 7.88. The fourth-order valence-corrected chi connectivity index (χ4v) is 4.04. The molecule has 1 unspecified atom stereocenters. The first-order chi connectivity index (χ1) is 12.6. The van der Waals surface area contributed by atoms with E-state index in [-0.39, 0.29) is 28.2 Å². The number of rotatable bonds is 3. The Kier molecular flexibility index (Phi) is 4.93. The van der Waals surface area contributed by atoms with Gasteiger partial charge in [-0.1, -0.05) is 13.8 Å². The summed E-state index contributed by atoms with van der Waals surface area (Å²) >= 11 is 0. The molecule has 6 heteroatoms. The van der Waals surface area contributed by atoms with E-state index >= 15 is 0 Å². The number of amides is 1. The van der Waals surface area contributed by atoms with E-state index in [4.69, 9.17) is 0 Å². The Balaban J connectivity index is 2.24. The molecule has 0 saturated carbocycles. The summed E-state index contributed by atoms with van der Waals surface area (Å²) in [5.41, 5.74) is 1.64. The van der Waals surface area contributed by atoms with Crippen LogP contribution in [0.2, 0.25) is 0 Å². The molecule has 1 aromatic rings. The van der Waals surface area contributed by atoms with Gasteiger partial charge < -0.3 is 10.6 Å². The van der Waals surface area contributed by atoms with Gasteiger partial charge in [-0.05, 0) is 43.9 Å². The maximum Gasteiger partial charge on any atom is 0.249 e. The van der Waals surface area contributed by atoms with Gasteiger partial charge in [0.15, 0.2) is 5.78 Å². The fourth-order valence-electron chi connectivity index (χ4n) is 4.04. The summed E-state index contributed by atoms with van der Waals surface area (Å²) in [6, 6.07) is 3.15. The Labute approximate surface area is 157 Å². The quantitative estimate of drug-likeness (QED) is 0.848. The molecule has 1 aromatic carbocycles. The number of Topliss-reactive ketones (excluding diaryl/α,β-unsaturated/α-hetero) is 1. The number of dihydropyridines is 1. The number of halogens is 2. The van der Waals surface area contributed by atoms with E-state index < -0.39 is 17.6 Å². The van der Waals surface area contributed by atoms with Crippen molar-refractivity contribution in [3.63, 3.8) is 0 Å². The standard InChI is InChI=1S/C21H24F2N2O2/c1-5-24-20(27)17-11(2)25-15-9-21(3,4)10-16(26)19(15)18(17)13-8-12(22)6-7-14(13)23/h6-8,18,25H,5,9-10H2,1-4H3,(H,24,27). The summed E-state index contributed by atoms with van der Waals surface area (Å²) in [5.74, 6) is -2.70. The van der Waals surface area contributed by atoms with Crippen LogP contribution in [0.5, 0.6) is 0 Å². The Morgan fingerprint density at radius 3 is 2.67 bits per heavy atom. The van der Waals surface area contributed by atoms with Crippen molar-refractivity contribution in [1.29, 1.82) is 0 Å². The molecule has 1 aliphatic heterocycles. The summed E-state index contributed by atoms with van der Waals surface area (Å²) < 4.78 is 28.6. The summed E-state index contributed by atoms with van der Waals surface area (Å²) in [6.07, 6.45) is 0.893. The number of hydrogen-bond acceptors (Lipinski definition) is 3. The molecule has 0 aromatic heterocycles. The lowest BCUT2D eigenvalue weighted by Crippen LogP contribution is -2.40. The van der Waals surface area contributed by atoms with Crippen LogP contribution in [-0.4, -0.2) is 18.2 Å². The van der Waals surface area contributed by atoms with Gasteiger partial charge in [0.2, 0.25) is 5.91 Å². The number of benzene rings is 1. The van der Waals surface area contributed by atoms with E-state index in [2.05, 4.69) is 10.6 Å². The lowest BCUT2D eigenvalue weighted by molar-refractivity contribution is -0.118.